The molecule has 0 spiro atoms. The third-order valence-electron chi connectivity index (χ3n) is 4.58. The first-order valence-corrected chi connectivity index (χ1v) is 8.77. The fraction of sp³-hybridized carbons (Fsp3) is 0.529. The number of ether oxygens (including phenoxy) is 1. The summed E-state index contributed by atoms with van der Waals surface area (Å²) in [4.78, 5) is 14.7. The number of halogens is 1. The molecule has 1 unspecified atom stereocenters. The van der Waals surface area contributed by atoms with Crippen LogP contribution < -0.4 is 0 Å². The fourth-order valence-corrected chi connectivity index (χ4v) is 3.44. The maximum atomic E-state index is 13.0. The zero-order valence-corrected chi connectivity index (χ0v) is 14.1. The zero-order valence-electron chi connectivity index (χ0n) is 13.3. The molecule has 7 heteroatoms. The van der Waals surface area contributed by atoms with Gasteiger partial charge in [-0.25, -0.2) is 0 Å². The number of furan rings is 1. The van der Waals surface area contributed by atoms with Crippen LogP contribution in [0.1, 0.15) is 53.5 Å². The van der Waals surface area contributed by atoms with Crippen molar-refractivity contribution >= 4 is 17.5 Å². The molecular weight excluding hydrogens is 330 g/mol. The summed E-state index contributed by atoms with van der Waals surface area (Å²) in [6.45, 7) is 1.65. The maximum Gasteiger partial charge on any atom is 0.276 e. The van der Waals surface area contributed by atoms with E-state index in [-0.39, 0.29) is 12.0 Å². The first kappa shape index (κ1) is 15.7. The van der Waals surface area contributed by atoms with Crippen molar-refractivity contribution in [1.29, 1.82) is 0 Å². The molecule has 3 heterocycles. The van der Waals surface area contributed by atoms with Gasteiger partial charge in [-0.05, 0) is 37.8 Å². The van der Waals surface area contributed by atoms with Gasteiger partial charge in [-0.1, -0.05) is 11.6 Å². The molecule has 6 nitrogen and oxygen atoms in total. The van der Waals surface area contributed by atoms with Crippen LogP contribution in [0, 0.1) is 0 Å². The number of aromatic amines is 1. The Morgan fingerprint density at radius 3 is 2.96 bits per heavy atom. The summed E-state index contributed by atoms with van der Waals surface area (Å²) < 4.78 is 11.1. The summed E-state index contributed by atoms with van der Waals surface area (Å²) in [5, 5.41) is 7.58. The van der Waals surface area contributed by atoms with Gasteiger partial charge in [-0.3, -0.25) is 9.89 Å². The molecule has 0 bridgehead atoms. The van der Waals surface area contributed by atoms with Gasteiger partial charge in [0.1, 0.15) is 5.76 Å². The van der Waals surface area contributed by atoms with Crippen molar-refractivity contribution in [3.63, 3.8) is 0 Å². The lowest BCUT2D eigenvalue weighted by Crippen LogP contribution is -2.37. The van der Waals surface area contributed by atoms with Gasteiger partial charge < -0.3 is 14.1 Å². The molecule has 1 amide bonds. The third-order valence-corrected chi connectivity index (χ3v) is 4.97. The maximum absolute atomic E-state index is 13.0. The van der Waals surface area contributed by atoms with Gasteiger partial charge in [0.2, 0.25) is 0 Å². The molecule has 0 aromatic carbocycles. The minimum atomic E-state index is -0.185. The highest BCUT2D eigenvalue weighted by Crippen LogP contribution is 2.43. The van der Waals surface area contributed by atoms with Crippen LogP contribution >= 0.6 is 11.6 Å². The summed E-state index contributed by atoms with van der Waals surface area (Å²) in [7, 11) is 0. The van der Waals surface area contributed by atoms with Gasteiger partial charge in [-0.15, -0.1) is 0 Å². The van der Waals surface area contributed by atoms with Crippen molar-refractivity contribution in [3.05, 3.63) is 40.6 Å². The normalized spacial score (nSPS) is 20.5. The molecule has 1 aliphatic carbocycles. The summed E-state index contributed by atoms with van der Waals surface area (Å²) in [5.74, 6) is 0.966. The van der Waals surface area contributed by atoms with E-state index in [4.69, 9.17) is 20.8 Å². The zero-order chi connectivity index (χ0) is 16.5. The standard InChI is InChI=1S/C17H20ClN3O3/c18-14-15(11-5-6-11)19-20-16(14)17(22)21(9-12-3-1-7-23-12)10-13-4-2-8-24-13/h1,3,7,11,13H,2,4-6,8-10H2,(H,19,20). The molecule has 1 atom stereocenters. The highest BCUT2D eigenvalue weighted by Gasteiger charge is 2.33. The number of nitrogens with one attached hydrogen (secondary N) is 1. The minimum absolute atomic E-state index is 0.0598. The highest BCUT2D eigenvalue weighted by atomic mass is 35.5. The molecule has 1 saturated heterocycles. The van der Waals surface area contributed by atoms with E-state index >= 15 is 0 Å². The van der Waals surface area contributed by atoms with Crippen molar-refractivity contribution in [1.82, 2.24) is 15.1 Å². The van der Waals surface area contributed by atoms with Gasteiger partial charge in [0.05, 0.1) is 29.6 Å². The number of H-pyrrole nitrogens is 1. The van der Waals surface area contributed by atoms with Crippen molar-refractivity contribution < 1.29 is 13.9 Å². The number of rotatable bonds is 6. The van der Waals surface area contributed by atoms with E-state index in [0.29, 0.717) is 29.7 Å². The highest BCUT2D eigenvalue weighted by molar-refractivity contribution is 6.34. The number of amides is 1. The van der Waals surface area contributed by atoms with E-state index in [1.54, 1.807) is 11.2 Å². The van der Waals surface area contributed by atoms with Crippen molar-refractivity contribution in [3.8, 4) is 0 Å². The number of carbonyl (C=O) groups excluding carboxylic acids is 1. The first-order valence-electron chi connectivity index (χ1n) is 8.39. The molecule has 2 aromatic rings. The Morgan fingerprint density at radius 2 is 2.29 bits per heavy atom. The second-order valence-electron chi connectivity index (χ2n) is 6.47. The Kier molecular flexibility index (Phi) is 4.33. The molecule has 4 rings (SSSR count). The molecule has 2 aromatic heterocycles. The summed E-state index contributed by atoms with van der Waals surface area (Å²) in [6, 6.07) is 3.67. The number of hydrogen-bond donors (Lipinski definition) is 1. The quantitative estimate of drug-likeness (QED) is 0.868. The van der Waals surface area contributed by atoms with Crippen LogP contribution in [0.4, 0.5) is 0 Å². The lowest BCUT2D eigenvalue weighted by atomic mass is 10.2. The monoisotopic (exact) mass is 349 g/mol. The third kappa shape index (κ3) is 3.21. The average Bonchev–Trinajstić information content (AvgIpc) is 2.98. The molecule has 1 aliphatic heterocycles. The predicted molar refractivity (Wildman–Crippen MR) is 88.0 cm³/mol. The summed E-state index contributed by atoms with van der Waals surface area (Å²) in [6.07, 6.45) is 5.86. The Balaban J connectivity index is 1.55. The lowest BCUT2D eigenvalue weighted by Gasteiger charge is -2.24. The van der Waals surface area contributed by atoms with Crippen LogP contribution in [-0.2, 0) is 11.3 Å². The van der Waals surface area contributed by atoms with Gasteiger partial charge in [-0.2, -0.15) is 5.10 Å². The minimum Gasteiger partial charge on any atom is -0.467 e. The van der Waals surface area contributed by atoms with Crippen molar-refractivity contribution in [2.45, 2.75) is 44.2 Å². The van der Waals surface area contributed by atoms with Gasteiger partial charge in [0.25, 0.3) is 5.91 Å². The molecule has 2 aliphatic rings. The van der Waals surface area contributed by atoms with E-state index in [0.717, 1.165) is 43.7 Å². The van der Waals surface area contributed by atoms with Crippen LogP contribution in [0.25, 0.3) is 0 Å². The second kappa shape index (κ2) is 6.61. The van der Waals surface area contributed by atoms with Crippen LogP contribution in [0.3, 0.4) is 0 Å². The van der Waals surface area contributed by atoms with Crippen molar-refractivity contribution in [2.75, 3.05) is 13.2 Å². The van der Waals surface area contributed by atoms with Gasteiger partial charge >= 0.3 is 0 Å². The first-order chi connectivity index (χ1) is 11.7. The van der Waals surface area contributed by atoms with Gasteiger partial charge in [0.15, 0.2) is 5.69 Å². The molecule has 1 saturated carbocycles. The average molecular weight is 350 g/mol. The topological polar surface area (TPSA) is 71.4 Å². The Bertz CT molecular complexity index is 703. The molecule has 128 valence electrons. The van der Waals surface area contributed by atoms with E-state index in [2.05, 4.69) is 10.2 Å². The number of carbonyl (C=O) groups is 1. The molecule has 0 radical (unpaired) electrons. The molecular formula is C17H20ClN3O3. The number of aromatic nitrogens is 2. The molecule has 2 fully saturated rings. The number of nitrogens with zero attached hydrogens (tertiary/aromatic N) is 2. The fourth-order valence-electron chi connectivity index (χ4n) is 3.12. The van der Waals surface area contributed by atoms with E-state index in [1.165, 1.54) is 0 Å². The van der Waals surface area contributed by atoms with Crippen molar-refractivity contribution in [2.24, 2.45) is 0 Å². The SMILES string of the molecule is O=C(c1n[nH]c(C2CC2)c1Cl)N(Cc1ccco1)CC1CCCO1. The van der Waals surface area contributed by atoms with Crippen LogP contribution in [-0.4, -0.2) is 40.3 Å². The Morgan fingerprint density at radius 1 is 1.42 bits per heavy atom. The van der Waals surface area contributed by atoms with Crippen LogP contribution in [0.5, 0.6) is 0 Å². The Hall–Kier alpha value is -1.79. The summed E-state index contributed by atoms with van der Waals surface area (Å²) in [5.41, 5.74) is 1.18. The molecule has 24 heavy (non-hydrogen) atoms. The van der Waals surface area contributed by atoms with Crippen LogP contribution in [0.15, 0.2) is 22.8 Å². The summed E-state index contributed by atoms with van der Waals surface area (Å²) >= 11 is 6.40. The Labute approximate surface area is 145 Å². The van der Waals surface area contributed by atoms with E-state index in [1.807, 2.05) is 12.1 Å². The second-order valence-corrected chi connectivity index (χ2v) is 6.85. The van der Waals surface area contributed by atoms with E-state index in [9.17, 15) is 4.79 Å². The number of hydrogen-bond acceptors (Lipinski definition) is 4. The smallest absolute Gasteiger partial charge is 0.276 e. The predicted octanol–water partition coefficient (Wildman–Crippen LogP) is 3.35. The lowest BCUT2D eigenvalue weighted by molar-refractivity contribution is 0.0487. The largest absolute Gasteiger partial charge is 0.467 e. The van der Waals surface area contributed by atoms with E-state index < -0.39 is 0 Å². The van der Waals surface area contributed by atoms with Gasteiger partial charge in [0, 0.05) is 19.1 Å². The van der Waals surface area contributed by atoms with Crippen LogP contribution in [0.2, 0.25) is 5.02 Å². The molecule has 1 N–H and O–H groups in total.